The van der Waals surface area contributed by atoms with Gasteiger partial charge < -0.3 is 19.4 Å². The molecule has 1 fully saturated rings. The van der Waals surface area contributed by atoms with Gasteiger partial charge in [0.05, 0.1) is 19.9 Å². The monoisotopic (exact) mass is 551 g/mol. The molecule has 1 aliphatic rings. The third-order valence-electron chi connectivity index (χ3n) is 7.74. The zero-order valence-corrected chi connectivity index (χ0v) is 23.2. The van der Waals surface area contributed by atoms with Gasteiger partial charge in [0.15, 0.2) is 5.82 Å². The van der Waals surface area contributed by atoms with Crippen LogP contribution in [0.5, 0.6) is 11.5 Å². The Kier molecular flexibility index (Phi) is 7.64. The van der Waals surface area contributed by atoms with Crippen LogP contribution in [-0.2, 0) is 13.0 Å². The minimum Gasteiger partial charge on any atom is -0.497 e. The summed E-state index contributed by atoms with van der Waals surface area (Å²) in [6.07, 6.45) is 0.776. The standard InChI is InChI=1S/C31H33N7O3/c1-40-24-12-13-26-23(20-24)21-25(31(39)32-26)29(30-33-34-35-38(30)15-14-22-8-4-3-5-9-22)37-18-16-36(17-19-37)27-10-6-7-11-28(27)41-2/h3-13,20-21,29H,14-19H2,1-2H3,(H,32,39)/t29-/m1/s1. The molecular formula is C31H33N7O3. The molecule has 0 amide bonds. The van der Waals surface area contributed by atoms with Crippen molar-refractivity contribution in [3.8, 4) is 11.5 Å². The second kappa shape index (κ2) is 11.8. The number of hydrogen-bond donors (Lipinski definition) is 1. The summed E-state index contributed by atoms with van der Waals surface area (Å²) in [6.45, 7) is 3.56. The van der Waals surface area contributed by atoms with E-state index in [1.165, 1.54) is 5.56 Å². The molecule has 0 aliphatic carbocycles. The maximum absolute atomic E-state index is 13.6. The minimum atomic E-state index is -0.431. The molecule has 41 heavy (non-hydrogen) atoms. The van der Waals surface area contributed by atoms with E-state index in [4.69, 9.17) is 9.47 Å². The maximum atomic E-state index is 13.6. The molecule has 0 saturated carbocycles. The number of aryl methyl sites for hydroxylation is 2. The highest BCUT2D eigenvalue weighted by Gasteiger charge is 2.33. The Hall–Kier alpha value is -4.70. The van der Waals surface area contributed by atoms with E-state index in [9.17, 15) is 4.79 Å². The first-order valence-electron chi connectivity index (χ1n) is 13.8. The third-order valence-corrected chi connectivity index (χ3v) is 7.74. The molecule has 10 heteroatoms. The number of pyridine rings is 1. The summed E-state index contributed by atoms with van der Waals surface area (Å²) < 4.78 is 12.9. The molecule has 3 aromatic carbocycles. The van der Waals surface area contributed by atoms with Crippen molar-refractivity contribution in [2.45, 2.75) is 19.0 Å². The summed E-state index contributed by atoms with van der Waals surface area (Å²) in [4.78, 5) is 21.3. The Balaban J connectivity index is 1.36. The van der Waals surface area contributed by atoms with Gasteiger partial charge in [-0.3, -0.25) is 9.69 Å². The number of para-hydroxylation sites is 2. The SMILES string of the molecule is COc1ccc2[nH]c(=O)c([C@H](c3nnnn3CCc3ccccc3)N3CCN(c4ccccc4OC)CC3)cc2c1. The molecule has 3 heterocycles. The van der Waals surface area contributed by atoms with Gasteiger partial charge in [0.2, 0.25) is 0 Å². The van der Waals surface area contributed by atoms with Crippen LogP contribution in [0.1, 0.15) is 23.0 Å². The van der Waals surface area contributed by atoms with E-state index in [-0.39, 0.29) is 5.56 Å². The van der Waals surface area contributed by atoms with Gasteiger partial charge in [-0.2, -0.15) is 0 Å². The van der Waals surface area contributed by atoms with Crippen molar-refractivity contribution in [1.82, 2.24) is 30.1 Å². The molecule has 10 nitrogen and oxygen atoms in total. The third kappa shape index (κ3) is 5.51. The van der Waals surface area contributed by atoms with Crippen LogP contribution >= 0.6 is 0 Å². The Morgan fingerprint density at radius 2 is 1.68 bits per heavy atom. The molecule has 0 radical (unpaired) electrons. The number of H-pyrrole nitrogens is 1. The Morgan fingerprint density at radius 3 is 2.46 bits per heavy atom. The molecule has 210 valence electrons. The second-order valence-corrected chi connectivity index (χ2v) is 10.1. The largest absolute Gasteiger partial charge is 0.497 e. The van der Waals surface area contributed by atoms with Gasteiger partial charge in [-0.1, -0.05) is 42.5 Å². The number of hydrogen-bond acceptors (Lipinski definition) is 8. The lowest BCUT2D eigenvalue weighted by molar-refractivity contribution is 0.199. The van der Waals surface area contributed by atoms with E-state index >= 15 is 0 Å². The van der Waals surface area contributed by atoms with Gasteiger partial charge in [-0.05, 0) is 58.8 Å². The number of fused-ring (bicyclic) bond motifs is 1. The van der Waals surface area contributed by atoms with Crippen LogP contribution in [0.15, 0.2) is 83.7 Å². The number of methoxy groups -OCH3 is 2. The van der Waals surface area contributed by atoms with E-state index in [2.05, 4.69) is 48.5 Å². The van der Waals surface area contributed by atoms with E-state index in [0.29, 0.717) is 31.0 Å². The molecule has 6 rings (SSSR count). The number of ether oxygens (including phenoxy) is 2. The molecule has 0 unspecified atom stereocenters. The van der Waals surface area contributed by atoms with Crippen LogP contribution in [-0.4, -0.2) is 70.5 Å². The Bertz CT molecular complexity index is 1680. The fourth-order valence-electron chi connectivity index (χ4n) is 5.59. The molecule has 1 N–H and O–H groups in total. The lowest BCUT2D eigenvalue weighted by atomic mass is 10.0. The Labute approximate surface area is 238 Å². The number of piperazine rings is 1. The second-order valence-electron chi connectivity index (χ2n) is 10.1. The van der Waals surface area contributed by atoms with Crippen molar-refractivity contribution < 1.29 is 9.47 Å². The molecule has 0 spiro atoms. The van der Waals surface area contributed by atoms with Gasteiger partial charge >= 0.3 is 0 Å². The summed E-state index contributed by atoms with van der Waals surface area (Å²) >= 11 is 0. The van der Waals surface area contributed by atoms with Crippen molar-refractivity contribution in [2.24, 2.45) is 0 Å². The quantitative estimate of drug-likeness (QED) is 0.296. The fourth-order valence-corrected chi connectivity index (χ4v) is 5.59. The first-order chi connectivity index (χ1) is 20.1. The maximum Gasteiger partial charge on any atom is 0.253 e. The van der Waals surface area contributed by atoms with Crippen molar-refractivity contribution in [3.63, 3.8) is 0 Å². The average molecular weight is 552 g/mol. The smallest absolute Gasteiger partial charge is 0.253 e. The fraction of sp³-hybridized carbons (Fsp3) is 0.290. The highest BCUT2D eigenvalue weighted by molar-refractivity contribution is 5.80. The first-order valence-corrected chi connectivity index (χ1v) is 13.8. The normalized spacial score (nSPS) is 14.7. The number of rotatable bonds is 9. The number of benzene rings is 3. The topological polar surface area (TPSA) is 101 Å². The Morgan fingerprint density at radius 1 is 0.902 bits per heavy atom. The predicted molar refractivity (Wildman–Crippen MR) is 158 cm³/mol. The number of nitrogens with zero attached hydrogens (tertiary/aromatic N) is 6. The molecular weight excluding hydrogens is 518 g/mol. The number of tetrazole rings is 1. The van der Waals surface area contributed by atoms with Crippen LogP contribution < -0.4 is 19.9 Å². The average Bonchev–Trinajstić information content (AvgIpc) is 3.49. The van der Waals surface area contributed by atoms with Crippen LogP contribution in [0.2, 0.25) is 0 Å². The molecule has 2 aromatic heterocycles. The summed E-state index contributed by atoms with van der Waals surface area (Å²) in [5.74, 6) is 2.23. The van der Waals surface area contributed by atoms with Crippen molar-refractivity contribution in [2.75, 3.05) is 45.3 Å². The van der Waals surface area contributed by atoms with E-state index in [0.717, 1.165) is 47.6 Å². The highest BCUT2D eigenvalue weighted by Crippen LogP contribution is 2.32. The van der Waals surface area contributed by atoms with Gasteiger partial charge in [0.1, 0.15) is 17.5 Å². The number of aromatic amines is 1. The molecule has 1 aliphatic heterocycles. The first kappa shape index (κ1) is 26.5. The van der Waals surface area contributed by atoms with Crippen molar-refractivity contribution >= 4 is 16.6 Å². The van der Waals surface area contributed by atoms with Crippen molar-refractivity contribution in [1.29, 1.82) is 0 Å². The molecule has 1 atom stereocenters. The van der Waals surface area contributed by atoms with Gasteiger partial charge in [0.25, 0.3) is 5.56 Å². The minimum absolute atomic E-state index is 0.155. The lowest BCUT2D eigenvalue weighted by Gasteiger charge is -2.40. The predicted octanol–water partition coefficient (Wildman–Crippen LogP) is 3.69. The van der Waals surface area contributed by atoms with Crippen LogP contribution in [0, 0.1) is 0 Å². The van der Waals surface area contributed by atoms with Crippen LogP contribution in [0.4, 0.5) is 5.69 Å². The van der Waals surface area contributed by atoms with E-state index in [1.54, 1.807) is 14.2 Å². The van der Waals surface area contributed by atoms with E-state index in [1.807, 2.05) is 65.3 Å². The van der Waals surface area contributed by atoms with Crippen LogP contribution in [0.3, 0.4) is 0 Å². The number of anilines is 1. The number of nitrogens with one attached hydrogen (secondary N) is 1. The molecule has 5 aromatic rings. The molecule has 1 saturated heterocycles. The zero-order chi connectivity index (χ0) is 28.2. The lowest BCUT2D eigenvalue weighted by Crippen LogP contribution is -2.49. The summed E-state index contributed by atoms with van der Waals surface area (Å²) in [5, 5.41) is 13.8. The highest BCUT2D eigenvalue weighted by atomic mass is 16.5. The zero-order valence-electron chi connectivity index (χ0n) is 23.2. The van der Waals surface area contributed by atoms with Gasteiger partial charge in [-0.15, -0.1) is 5.10 Å². The van der Waals surface area contributed by atoms with E-state index < -0.39 is 6.04 Å². The van der Waals surface area contributed by atoms with Crippen molar-refractivity contribution in [3.05, 3.63) is 106 Å². The molecule has 0 bridgehead atoms. The van der Waals surface area contributed by atoms with Crippen LogP contribution in [0.25, 0.3) is 10.9 Å². The van der Waals surface area contributed by atoms with Gasteiger partial charge in [-0.25, -0.2) is 4.68 Å². The summed E-state index contributed by atoms with van der Waals surface area (Å²) in [6, 6.07) is 25.5. The number of aromatic nitrogens is 5. The summed E-state index contributed by atoms with van der Waals surface area (Å²) in [7, 11) is 3.33. The summed E-state index contributed by atoms with van der Waals surface area (Å²) in [5.41, 5.74) is 3.47. The van der Waals surface area contributed by atoms with Gasteiger partial charge in [0, 0.05) is 49.2 Å².